The highest BCUT2D eigenvalue weighted by Crippen LogP contribution is 2.15. The van der Waals surface area contributed by atoms with Crippen LogP contribution in [-0.2, 0) is 17.9 Å². The largest absolute Gasteiger partial charge is 0.468 e. The minimum atomic E-state index is 0.204. The minimum Gasteiger partial charge on any atom is -0.468 e. The maximum atomic E-state index is 5.37. The van der Waals surface area contributed by atoms with Crippen molar-refractivity contribution >= 4 is 0 Å². The summed E-state index contributed by atoms with van der Waals surface area (Å²) in [6.07, 6.45) is 1.70. The molecule has 1 N–H and O–H groups in total. The number of nitrogens with one attached hydrogen (secondary N) is 1. The van der Waals surface area contributed by atoms with Gasteiger partial charge in [-0.1, -0.05) is 24.3 Å². The van der Waals surface area contributed by atoms with Crippen LogP contribution >= 0.6 is 0 Å². The lowest BCUT2D eigenvalue weighted by atomic mass is 10.1. The van der Waals surface area contributed by atoms with Crippen LogP contribution in [-0.4, -0.2) is 7.11 Å². The summed E-state index contributed by atoms with van der Waals surface area (Å²) < 4.78 is 10.6. The van der Waals surface area contributed by atoms with Crippen LogP contribution in [0.25, 0.3) is 0 Å². The Kier molecular flexibility index (Phi) is 4.56. The van der Waals surface area contributed by atoms with E-state index in [2.05, 4.69) is 24.4 Å². The lowest BCUT2D eigenvalue weighted by Crippen LogP contribution is -2.18. The molecule has 0 amide bonds. The number of ether oxygens (including phenoxy) is 1. The second-order valence-electron chi connectivity index (χ2n) is 4.32. The van der Waals surface area contributed by atoms with E-state index in [-0.39, 0.29) is 6.04 Å². The van der Waals surface area contributed by atoms with Crippen LogP contribution in [0, 0.1) is 0 Å². The molecular weight excluding hydrogens is 226 g/mol. The molecular formula is C15H19NO2. The summed E-state index contributed by atoms with van der Waals surface area (Å²) in [7, 11) is 1.72. The van der Waals surface area contributed by atoms with Crippen LogP contribution < -0.4 is 5.32 Å². The van der Waals surface area contributed by atoms with E-state index in [1.54, 1.807) is 13.4 Å². The SMILES string of the molecule is COCc1ccccc1CN[C@@H](C)c1ccco1. The fraction of sp³-hybridized carbons (Fsp3) is 0.333. The average Bonchev–Trinajstić information content (AvgIpc) is 2.92. The maximum Gasteiger partial charge on any atom is 0.120 e. The molecule has 0 aliphatic carbocycles. The molecule has 1 atom stereocenters. The van der Waals surface area contributed by atoms with Gasteiger partial charge in [-0.3, -0.25) is 0 Å². The third-order valence-electron chi connectivity index (χ3n) is 2.99. The molecule has 0 aliphatic rings. The van der Waals surface area contributed by atoms with Crippen molar-refractivity contribution in [2.24, 2.45) is 0 Å². The first kappa shape index (κ1) is 12.9. The molecule has 96 valence electrons. The topological polar surface area (TPSA) is 34.4 Å². The molecule has 1 aromatic heterocycles. The molecule has 18 heavy (non-hydrogen) atoms. The number of furan rings is 1. The summed E-state index contributed by atoms with van der Waals surface area (Å²) in [4.78, 5) is 0. The van der Waals surface area contributed by atoms with Crippen LogP contribution in [0.5, 0.6) is 0 Å². The Morgan fingerprint density at radius 3 is 2.61 bits per heavy atom. The Labute approximate surface area is 108 Å². The van der Waals surface area contributed by atoms with Gasteiger partial charge in [0.05, 0.1) is 18.9 Å². The standard InChI is InChI=1S/C15H19NO2/c1-12(15-8-5-9-18-15)16-10-13-6-3-4-7-14(13)11-17-2/h3-9,12,16H,10-11H2,1-2H3/t12-/m0/s1. The number of hydrogen-bond acceptors (Lipinski definition) is 3. The summed E-state index contributed by atoms with van der Waals surface area (Å²) >= 11 is 0. The minimum absolute atomic E-state index is 0.204. The molecule has 0 fully saturated rings. The highest BCUT2D eigenvalue weighted by molar-refractivity contribution is 5.26. The van der Waals surface area contributed by atoms with Crippen molar-refractivity contribution in [3.05, 3.63) is 59.5 Å². The maximum absolute atomic E-state index is 5.37. The van der Waals surface area contributed by atoms with Gasteiger partial charge < -0.3 is 14.5 Å². The average molecular weight is 245 g/mol. The molecule has 1 heterocycles. The Hall–Kier alpha value is -1.58. The van der Waals surface area contributed by atoms with Gasteiger partial charge in [0.25, 0.3) is 0 Å². The van der Waals surface area contributed by atoms with Crippen molar-refractivity contribution in [1.82, 2.24) is 5.32 Å². The monoisotopic (exact) mass is 245 g/mol. The highest BCUT2D eigenvalue weighted by Gasteiger charge is 2.08. The number of methoxy groups -OCH3 is 1. The fourth-order valence-corrected chi connectivity index (χ4v) is 1.93. The van der Waals surface area contributed by atoms with Gasteiger partial charge in [0.1, 0.15) is 5.76 Å². The molecule has 1 aromatic carbocycles. The molecule has 0 unspecified atom stereocenters. The molecule has 2 rings (SSSR count). The Morgan fingerprint density at radius 2 is 1.94 bits per heavy atom. The first-order valence-corrected chi connectivity index (χ1v) is 6.13. The van der Waals surface area contributed by atoms with E-state index in [0.717, 1.165) is 12.3 Å². The zero-order chi connectivity index (χ0) is 12.8. The van der Waals surface area contributed by atoms with Gasteiger partial charge in [0.2, 0.25) is 0 Å². The normalized spacial score (nSPS) is 12.6. The molecule has 0 spiro atoms. The molecule has 0 saturated carbocycles. The summed E-state index contributed by atoms with van der Waals surface area (Å²) in [5.74, 6) is 0.958. The smallest absolute Gasteiger partial charge is 0.120 e. The summed E-state index contributed by atoms with van der Waals surface area (Å²) in [6.45, 7) is 3.55. The Morgan fingerprint density at radius 1 is 1.17 bits per heavy atom. The van der Waals surface area contributed by atoms with Crippen molar-refractivity contribution in [3.8, 4) is 0 Å². The fourth-order valence-electron chi connectivity index (χ4n) is 1.93. The van der Waals surface area contributed by atoms with Crippen molar-refractivity contribution in [2.75, 3.05) is 7.11 Å². The van der Waals surface area contributed by atoms with E-state index in [0.29, 0.717) is 6.61 Å². The van der Waals surface area contributed by atoms with Gasteiger partial charge in [-0.05, 0) is 30.2 Å². The Bertz CT molecular complexity index is 465. The van der Waals surface area contributed by atoms with E-state index in [9.17, 15) is 0 Å². The molecule has 3 nitrogen and oxygen atoms in total. The van der Waals surface area contributed by atoms with Crippen molar-refractivity contribution < 1.29 is 9.15 Å². The van der Waals surface area contributed by atoms with Gasteiger partial charge in [-0.15, -0.1) is 0 Å². The number of rotatable bonds is 6. The predicted octanol–water partition coefficient (Wildman–Crippen LogP) is 3.28. The van der Waals surface area contributed by atoms with Gasteiger partial charge >= 0.3 is 0 Å². The zero-order valence-electron chi connectivity index (χ0n) is 10.8. The molecule has 0 bridgehead atoms. The predicted molar refractivity (Wildman–Crippen MR) is 71.1 cm³/mol. The van der Waals surface area contributed by atoms with E-state index in [1.165, 1.54) is 11.1 Å². The van der Waals surface area contributed by atoms with Crippen LogP contribution in [0.2, 0.25) is 0 Å². The number of hydrogen-bond donors (Lipinski definition) is 1. The van der Waals surface area contributed by atoms with E-state index >= 15 is 0 Å². The molecule has 2 aromatic rings. The van der Waals surface area contributed by atoms with Crippen molar-refractivity contribution in [1.29, 1.82) is 0 Å². The lowest BCUT2D eigenvalue weighted by molar-refractivity contribution is 0.184. The first-order valence-electron chi connectivity index (χ1n) is 6.13. The van der Waals surface area contributed by atoms with E-state index < -0.39 is 0 Å². The third kappa shape index (κ3) is 3.22. The molecule has 0 radical (unpaired) electrons. The Balaban J connectivity index is 1.97. The van der Waals surface area contributed by atoms with Gasteiger partial charge in [-0.25, -0.2) is 0 Å². The van der Waals surface area contributed by atoms with Gasteiger partial charge in [0, 0.05) is 13.7 Å². The summed E-state index contributed by atoms with van der Waals surface area (Å²) in [5, 5.41) is 3.45. The van der Waals surface area contributed by atoms with E-state index in [4.69, 9.17) is 9.15 Å². The molecule has 3 heteroatoms. The third-order valence-corrected chi connectivity index (χ3v) is 2.99. The first-order chi connectivity index (χ1) is 8.81. The summed E-state index contributed by atoms with van der Waals surface area (Å²) in [5.41, 5.74) is 2.48. The van der Waals surface area contributed by atoms with Crippen LogP contribution in [0.1, 0.15) is 29.9 Å². The van der Waals surface area contributed by atoms with Crippen molar-refractivity contribution in [2.45, 2.75) is 26.1 Å². The zero-order valence-corrected chi connectivity index (χ0v) is 10.8. The van der Waals surface area contributed by atoms with Crippen LogP contribution in [0.4, 0.5) is 0 Å². The second kappa shape index (κ2) is 6.38. The molecule has 0 aliphatic heterocycles. The van der Waals surface area contributed by atoms with Gasteiger partial charge in [-0.2, -0.15) is 0 Å². The lowest BCUT2D eigenvalue weighted by Gasteiger charge is -2.13. The quantitative estimate of drug-likeness (QED) is 0.848. The van der Waals surface area contributed by atoms with Crippen LogP contribution in [0.3, 0.4) is 0 Å². The molecule has 0 saturated heterocycles. The summed E-state index contributed by atoms with van der Waals surface area (Å²) in [6, 6.07) is 12.4. The number of benzene rings is 1. The van der Waals surface area contributed by atoms with E-state index in [1.807, 2.05) is 24.3 Å². The van der Waals surface area contributed by atoms with Crippen molar-refractivity contribution in [3.63, 3.8) is 0 Å². The second-order valence-corrected chi connectivity index (χ2v) is 4.32. The van der Waals surface area contributed by atoms with Crippen LogP contribution in [0.15, 0.2) is 47.1 Å². The van der Waals surface area contributed by atoms with Gasteiger partial charge in [0.15, 0.2) is 0 Å². The highest BCUT2D eigenvalue weighted by atomic mass is 16.5.